The Bertz CT molecular complexity index is 365. The maximum Gasteiger partial charge on any atom is 0.162 e. The largest absolute Gasteiger partial charge is 0.204 e. The van der Waals surface area contributed by atoms with Crippen LogP contribution in [-0.4, -0.2) is 5.38 Å². The van der Waals surface area contributed by atoms with Crippen LogP contribution >= 0.6 is 11.6 Å². The predicted octanol–water partition coefficient (Wildman–Crippen LogP) is 4.30. The minimum Gasteiger partial charge on any atom is -0.204 e. The standard InChI is InChI=1S/C13H15ClF2/c14-11-6-2-1-4-9(11)8-10-5-3-7-12(15)13(10)16/h3,5,7,9,11H,1-2,4,6,8H2. The van der Waals surface area contributed by atoms with E-state index in [-0.39, 0.29) is 11.3 Å². The SMILES string of the molecule is Fc1cccc(CC2CCCCC2Cl)c1F. The molecule has 1 aliphatic rings. The molecule has 0 N–H and O–H groups in total. The van der Waals surface area contributed by atoms with Gasteiger partial charge in [-0.15, -0.1) is 11.6 Å². The molecule has 2 unspecified atom stereocenters. The average Bonchev–Trinajstić information content (AvgIpc) is 2.28. The van der Waals surface area contributed by atoms with Gasteiger partial charge in [0.2, 0.25) is 0 Å². The summed E-state index contributed by atoms with van der Waals surface area (Å²) in [7, 11) is 0. The summed E-state index contributed by atoms with van der Waals surface area (Å²) >= 11 is 6.21. The molecule has 1 aromatic carbocycles. The molecule has 1 fully saturated rings. The van der Waals surface area contributed by atoms with Gasteiger partial charge in [0.1, 0.15) is 0 Å². The molecule has 0 saturated heterocycles. The molecule has 2 rings (SSSR count). The summed E-state index contributed by atoms with van der Waals surface area (Å²) in [4.78, 5) is 0. The summed E-state index contributed by atoms with van der Waals surface area (Å²) in [6.45, 7) is 0. The second-order valence-electron chi connectivity index (χ2n) is 4.48. The van der Waals surface area contributed by atoms with Gasteiger partial charge >= 0.3 is 0 Å². The molecule has 0 radical (unpaired) electrons. The van der Waals surface area contributed by atoms with E-state index in [1.165, 1.54) is 0 Å². The van der Waals surface area contributed by atoms with E-state index in [0.717, 1.165) is 31.7 Å². The van der Waals surface area contributed by atoms with Gasteiger partial charge in [0, 0.05) is 5.38 Å². The summed E-state index contributed by atoms with van der Waals surface area (Å²) in [5, 5.41) is 0.108. The van der Waals surface area contributed by atoms with E-state index in [4.69, 9.17) is 11.6 Å². The highest BCUT2D eigenvalue weighted by molar-refractivity contribution is 6.20. The minimum absolute atomic E-state index is 0.108. The lowest BCUT2D eigenvalue weighted by Gasteiger charge is -2.27. The van der Waals surface area contributed by atoms with Crippen LogP contribution in [-0.2, 0) is 6.42 Å². The number of benzene rings is 1. The van der Waals surface area contributed by atoms with Crippen LogP contribution < -0.4 is 0 Å². The third-order valence-corrected chi connectivity index (χ3v) is 3.90. The minimum atomic E-state index is -0.764. The van der Waals surface area contributed by atoms with Crippen molar-refractivity contribution in [3.8, 4) is 0 Å². The number of alkyl halides is 1. The number of halogens is 3. The fourth-order valence-electron chi connectivity index (χ4n) is 2.38. The highest BCUT2D eigenvalue weighted by Crippen LogP contribution is 2.31. The van der Waals surface area contributed by atoms with Crippen LogP contribution in [0.4, 0.5) is 8.78 Å². The highest BCUT2D eigenvalue weighted by Gasteiger charge is 2.24. The van der Waals surface area contributed by atoms with Crippen molar-refractivity contribution in [2.45, 2.75) is 37.5 Å². The monoisotopic (exact) mass is 244 g/mol. The van der Waals surface area contributed by atoms with E-state index in [1.807, 2.05) is 0 Å². The van der Waals surface area contributed by atoms with Crippen LogP contribution in [0.25, 0.3) is 0 Å². The maximum atomic E-state index is 13.5. The molecule has 16 heavy (non-hydrogen) atoms. The first-order valence-corrected chi connectivity index (χ1v) is 6.19. The van der Waals surface area contributed by atoms with Gasteiger partial charge in [-0.3, -0.25) is 0 Å². The molecule has 0 nitrogen and oxygen atoms in total. The molecule has 1 aliphatic carbocycles. The number of rotatable bonds is 2. The van der Waals surface area contributed by atoms with E-state index < -0.39 is 11.6 Å². The molecule has 2 atom stereocenters. The van der Waals surface area contributed by atoms with Crippen LogP contribution in [0, 0.1) is 17.6 Å². The normalized spacial score (nSPS) is 25.7. The lowest BCUT2D eigenvalue weighted by atomic mass is 9.84. The second-order valence-corrected chi connectivity index (χ2v) is 5.04. The van der Waals surface area contributed by atoms with Gasteiger partial charge in [0.05, 0.1) is 0 Å². The summed E-state index contributed by atoms with van der Waals surface area (Å²) in [6, 6.07) is 4.36. The summed E-state index contributed by atoms with van der Waals surface area (Å²) in [5.41, 5.74) is 0.456. The second kappa shape index (κ2) is 5.13. The Morgan fingerprint density at radius 1 is 1.19 bits per heavy atom. The highest BCUT2D eigenvalue weighted by atomic mass is 35.5. The van der Waals surface area contributed by atoms with Gasteiger partial charge in [0.15, 0.2) is 11.6 Å². The number of hydrogen-bond acceptors (Lipinski definition) is 0. The zero-order valence-electron chi connectivity index (χ0n) is 9.06. The molecule has 0 spiro atoms. The zero-order valence-corrected chi connectivity index (χ0v) is 9.81. The van der Waals surface area contributed by atoms with Crippen molar-refractivity contribution in [2.24, 2.45) is 5.92 Å². The average molecular weight is 245 g/mol. The third kappa shape index (κ3) is 2.54. The Morgan fingerprint density at radius 2 is 1.94 bits per heavy atom. The Kier molecular flexibility index (Phi) is 3.80. The van der Waals surface area contributed by atoms with Gasteiger partial charge in [-0.25, -0.2) is 8.78 Å². The molecule has 1 aromatic rings. The summed E-state index contributed by atoms with van der Waals surface area (Å²) < 4.78 is 26.5. The smallest absolute Gasteiger partial charge is 0.162 e. The van der Waals surface area contributed by atoms with E-state index in [0.29, 0.717) is 12.0 Å². The lowest BCUT2D eigenvalue weighted by Crippen LogP contribution is -2.22. The fraction of sp³-hybridized carbons (Fsp3) is 0.538. The Morgan fingerprint density at radius 3 is 2.69 bits per heavy atom. The molecule has 1 saturated carbocycles. The van der Waals surface area contributed by atoms with Crippen molar-refractivity contribution in [3.05, 3.63) is 35.4 Å². The van der Waals surface area contributed by atoms with Gasteiger partial charge in [0.25, 0.3) is 0 Å². The molecular formula is C13H15ClF2. The van der Waals surface area contributed by atoms with E-state index in [9.17, 15) is 8.78 Å². The molecule has 0 heterocycles. The van der Waals surface area contributed by atoms with Gasteiger partial charge < -0.3 is 0 Å². The van der Waals surface area contributed by atoms with Crippen molar-refractivity contribution in [2.75, 3.05) is 0 Å². The fourth-order valence-corrected chi connectivity index (χ4v) is 2.75. The van der Waals surface area contributed by atoms with Gasteiger partial charge in [-0.05, 0) is 36.8 Å². The first-order chi connectivity index (χ1) is 7.68. The van der Waals surface area contributed by atoms with Crippen molar-refractivity contribution < 1.29 is 8.78 Å². The Hall–Kier alpha value is -0.630. The van der Waals surface area contributed by atoms with E-state index in [2.05, 4.69) is 0 Å². The molecule has 0 amide bonds. The maximum absolute atomic E-state index is 13.5. The molecule has 3 heteroatoms. The third-order valence-electron chi connectivity index (χ3n) is 3.33. The van der Waals surface area contributed by atoms with E-state index >= 15 is 0 Å². The number of hydrogen-bond donors (Lipinski definition) is 0. The van der Waals surface area contributed by atoms with Crippen LogP contribution in [0.5, 0.6) is 0 Å². The van der Waals surface area contributed by atoms with E-state index in [1.54, 1.807) is 12.1 Å². The van der Waals surface area contributed by atoms with Gasteiger partial charge in [-0.1, -0.05) is 25.0 Å². The van der Waals surface area contributed by atoms with Crippen molar-refractivity contribution >= 4 is 11.6 Å². The van der Waals surface area contributed by atoms with Crippen LogP contribution in [0.2, 0.25) is 0 Å². The first kappa shape index (κ1) is 11.8. The lowest BCUT2D eigenvalue weighted by molar-refractivity contribution is 0.357. The van der Waals surface area contributed by atoms with Crippen molar-refractivity contribution in [1.82, 2.24) is 0 Å². The Labute approximate surface area is 99.6 Å². The Balaban J connectivity index is 2.10. The van der Waals surface area contributed by atoms with Crippen molar-refractivity contribution in [3.63, 3.8) is 0 Å². The molecular weight excluding hydrogens is 230 g/mol. The molecule has 0 aromatic heterocycles. The summed E-state index contributed by atoms with van der Waals surface area (Å²) in [5.74, 6) is -1.19. The van der Waals surface area contributed by atoms with Crippen LogP contribution in [0.15, 0.2) is 18.2 Å². The van der Waals surface area contributed by atoms with Crippen LogP contribution in [0.1, 0.15) is 31.2 Å². The zero-order chi connectivity index (χ0) is 11.5. The van der Waals surface area contributed by atoms with Gasteiger partial charge in [-0.2, -0.15) is 0 Å². The first-order valence-electron chi connectivity index (χ1n) is 5.75. The predicted molar refractivity (Wildman–Crippen MR) is 61.7 cm³/mol. The topological polar surface area (TPSA) is 0 Å². The molecule has 0 aliphatic heterocycles. The van der Waals surface area contributed by atoms with Crippen LogP contribution in [0.3, 0.4) is 0 Å². The summed E-state index contributed by atoms with van der Waals surface area (Å²) in [6.07, 6.45) is 4.85. The van der Waals surface area contributed by atoms with Crippen molar-refractivity contribution in [1.29, 1.82) is 0 Å². The molecule has 0 bridgehead atoms. The quantitative estimate of drug-likeness (QED) is 0.681. The molecule has 88 valence electrons.